The van der Waals surface area contributed by atoms with E-state index in [4.69, 9.17) is 5.41 Å². The first-order valence-corrected chi connectivity index (χ1v) is 8.96. The summed E-state index contributed by atoms with van der Waals surface area (Å²) in [6.45, 7) is 2.03. The van der Waals surface area contributed by atoms with Crippen molar-refractivity contribution in [3.8, 4) is 0 Å². The molecule has 1 aliphatic rings. The van der Waals surface area contributed by atoms with Gasteiger partial charge in [0.25, 0.3) is 5.56 Å². The molecule has 0 saturated carbocycles. The molecule has 7 heteroatoms. The molecule has 138 valence electrons. The summed E-state index contributed by atoms with van der Waals surface area (Å²) in [6.07, 6.45) is 4.20. The standard InChI is InChI=1S/C19H25N5O2/c1-22-18(25)17(21-23(2)19(22)26)15(13-20)12-16(24-10-6-7-11-24)14-8-4-3-5-9-14/h3-5,8-9,13,15-16,20H,6-7,10-12H2,1-2H3. The lowest BCUT2D eigenvalue weighted by atomic mass is 9.92. The minimum absolute atomic E-state index is 0.119. The number of nitrogens with zero attached hydrogens (tertiary/aromatic N) is 4. The van der Waals surface area contributed by atoms with Crippen molar-refractivity contribution in [3.05, 3.63) is 62.4 Å². The number of benzene rings is 1. The molecule has 1 aromatic heterocycles. The maximum Gasteiger partial charge on any atom is 0.346 e. The lowest BCUT2D eigenvalue weighted by Gasteiger charge is -2.30. The van der Waals surface area contributed by atoms with E-state index in [-0.39, 0.29) is 11.7 Å². The summed E-state index contributed by atoms with van der Waals surface area (Å²) in [4.78, 5) is 26.9. The number of likely N-dealkylation sites (tertiary alicyclic amines) is 1. The molecule has 1 aliphatic heterocycles. The summed E-state index contributed by atoms with van der Waals surface area (Å²) < 4.78 is 2.23. The van der Waals surface area contributed by atoms with Gasteiger partial charge in [0, 0.05) is 32.3 Å². The molecule has 1 fully saturated rings. The second-order valence-electron chi connectivity index (χ2n) is 6.83. The summed E-state index contributed by atoms with van der Waals surface area (Å²) in [5.74, 6) is -0.439. The van der Waals surface area contributed by atoms with Gasteiger partial charge in [-0.05, 0) is 37.9 Å². The lowest BCUT2D eigenvalue weighted by Crippen LogP contribution is -2.42. The molecule has 1 aromatic carbocycles. The second-order valence-corrected chi connectivity index (χ2v) is 6.83. The molecule has 0 amide bonds. The van der Waals surface area contributed by atoms with Gasteiger partial charge in [-0.2, -0.15) is 5.10 Å². The quantitative estimate of drug-likeness (QED) is 0.795. The first kappa shape index (κ1) is 18.3. The fraction of sp³-hybridized carbons (Fsp3) is 0.474. The van der Waals surface area contributed by atoms with Gasteiger partial charge < -0.3 is 5.41 Å². The number of nitrogens with one attached hydrogen (secondary N) is 1. The molecule has 0 bridgehead atoms. The Bertz CT molecular complexity index is 881. The van der Waals surface area contributed by atoms with E-state index in [9.17, 15) is 9.59 Å². The van der Waals surface area contributed by atoms with Crippen molar-refractivity contribution in [2.45, 2.75) is 31.2 Å². The van der Waals surface area contributed by atoms with E-state index < -0.39 is 17.2 Å². The first-order chi connectivity index (χ1) is 12.5. The van der Waals surface area contributed by atoms with Gasteiger partial charge in [0.2, 0.25) is 0 Å². The highest BCUT2D eigenvalue weighted by Crippen LogP contribution is 2.32. The molecule has 2 unspecified atom stereocenters. The van der Waals surface area contributed by atoms with Crippen LogP contribution < -0.4 is 11.2 Å². The predicted molar refractivity (Wildman–Crippen MR) is 101 cm³/mol. The van der Waals surface area contributed by atoms with Crippen LogP contribution in [0.2, 0.25) is 0 Å². The van der Waals surface area contributed by atoms with Crippen LogP contribution in [-0.4, -0.2) is 38.6 Å². The van der Waals surface area contributed by atoms with E-state index in [1.807, 2.05) is 18.2 Å². The summed E-state index contributed by atoms with van der Waals surface area (Å²) in [5, 5.41) is 12.1. The average molecular weight is 355 g/mol. The van der Waals surface area contributed by atoms with Crippen LogP contribution >= 0.6 is 0 Å². The summed E-state index contributed by atoms with van der Waals surface area (Å²) in [5.41, 5.74) is 0.559. The average Bonchev–Trinajstić information content (AvgIpc) is 3.19. The van der Waals surface area contributed by atoms with Gasteiger partial charge in [0.15, 0.2) is 0 Å². The Kier molecular flexibility index (Phi) is 5.46. The Morgan fingerprint density at radius 2 is 1.81 bits per heavy atom. The van der Waals surface area contributed by atoms with Gasteiger partial charge in [0.05, 0.1) is 0 Å². The van der Waals surface area contributed by atoms with Crippen LogP contribution in [0, 0.1) is 5.41 Å². The number of hydrogen-bond donors (Lipinski definition) is 1. The van der Waals surface area contributed by atoms with Crippen LogP contribution in [0.3, 0.4) is 0 Å². The van der Waals surface area contributed by atoms with E-state index in [0.717, 1.165) is 17.7 Å². The molecule has 26 heavy (non-hydrogen) atoms. The number of aryl methyl sites for hydroxylation is 1. The SMILES string of the molecule is Cn1nc(C(C=N)CC(c2ccccc2)N2CCCC2)c(=O)n(C)c1=O. The molecular formula is C19H25N5O2. The third kappa shape index (κ3) is 3.53. The van der Waals surface area contributed by atoms with Crippen molar-refractivity contribution in [1.29, 1.82) is 5.41 Å². The molecule has 2 atom stereocenters. The molecule has 3 rings (SSSR count). The molecular weight excluding hydrogens is 330 g/mol. The third-order valence-corrected chi connectivity index (χ3v) is 5.14. The smallest absolute Gasteiger partial charge is 0.312 e. The highest BCUT2D eigenvalue weighted by Gasteiger charge is 2.28. The molecule has 0 spiro atoms. The Hall–Kier alpha value is -2.54. The molecule has 1 saturated heterocycles. The van der Waals surface area contributed by atoms with Gasteiger partial charge in [-0.3, -0.25) is 14.3 Å². The summed E-state index contributed by atoms with van der Waals surface area (Å²) in [6, 6.07) is 10.3. The highest BCUT2D eigenvalue weighted by molar-refractivity contribution is 5.63. The van der Waals surface area contributed by atoms with E-state index in [0.29, 0.717) is 6.42 Å². The van der Waals surface area contributed by atoms with Gasteiger partial charge in [-0.15, -0.1) is 0 Å². The van der Waals surface area contributed by atoms with Crippen molar-refractivity contribution >= 4 is 6.21 Å². The Morgan fingerprint density at radius 3 is 2.42 bits per heavy atom. The largest absolute Gasteiger partial charge is 0.346 e. The zero-order valence-corrected chi connectivity index (χ0v) is 15.3. The zero-order chi connectivity index (χ0) is 18.7. The predicted octanol–water partition coefficient (Wildman–Crippen LogP) is 1.44. The maximum absolute atomic E-state index is 12.6. The summed E-state index contributed by atoms with van der Waals surface area (Å²) >= 11 is 0. The third-order valence-electron chi connectivity index (χ3n) is 5.14. The van der Waals surface area contributed by atoms with Gasteiger partial charge in [0.1, 0.15) is 5.69 Å². The van der Waals surface area contributed by atoms with Crippen molar-refractivity contribution < 1.29 is 0 Å². The minimum Gasteiger partial charge on any atom is -0.312 e. The summed E-state index contributed by atoms with van der Waals surface area (Å²) in [7, 11) is 2.98. The van der Waals surface area contributed by atoms with Crippen molar-refractivity contribution in [3.63, 3.8) is 0 Å². The van der Waals surface area contributed by atoms with E-state index in [2.05, 4.69) is 22.1 Å². The Labute approximate surface area is 152 Å². The fourth-order valence-corrected chi connectivity index (χ4v) is 3.68. The number of aromatic nitrogens is 3. The van der Waals surface area contributed by atoms with Crippen LogP contribution in [0.15, 0.2) is 39.9 Å². The zero-order valence-electron chi connectivity index (χ0n) is 15.3. The molecule has 2 aromatic rings. The highest BCUT2D eigenvalue weighted by atomic mass is 16.2. The van der Waals surface area contributed by atoms with Crippen LogP contribution in [0.4, 0.5) is 0 Å². The normalized spacial score (nSPS) is 17.2. The Morgan fingerprint density at radius 1 is 1.15 bits per heavy atom. The van der Waals surface area contributed by atoms with Crippen molar-refractivity contribution in [1.82, 2.24) is 19.2 Å². The van der Waals surface area contributed by atoms with Crippen LogP contribution in [0.1, 0.15) is 42.5 Å². The Balaban J connectivity index is 1.98. The van der Waals surface area contributed by atoms with Gasteiger partial charge >= 0.3 is 5.69 Å². The van der Waals surface area contributed by atoms with Crippen LogP contribution in [-0.2, 0) is 14.1 Å². The number of rotatable bonds is 6. The molecule has 7 nitrogen and oxygen atoms in total. The number of hydrogen-bond acceptors (Lipinski definition) is 5. The van der Waals surface area contributed by atoms with E-state index >= 15 is 0 Å². The molecule has 0 aliphatic carbocycles. The van der Waals surface area contributed by atoms with Crippen LogP contribution in [0.25, 0.3) is 0 Å². The van der Waals surface area contributed by atoms with Crippen molar-refractivity contribution in [2.24, 2.45) is 14.1 Å². The van der Waals surface area contributed by atoms with Crippen LogP contribution in [0.5, 0.6) is 0 Å². The first-order valence-electron chi connectivity index (χ1n) is 8.96. The second kappa shape index (κ2) is 7.78. The molecule has 0 radical (unpaired) electrons. The monoisotopic (exact) mass is 355 g/mol. The maximum atomic E-state index is 12.6. The van der Waals surface area contributed by atoms with E-state index in [1.54, 1.807) is 0 Å². The van der Waals surface area contributed by atoms with Crippen molar-refractivity contribution in [2.75, 3.05) is 13.1 Å². The molecule has 1 N–H and O–H groups in total. The van der Waals surface area contributed by atoms with Gasteiger partial charge in [-0.25, -0.2) is 9.48 Å². The van der Waals surface area contributed by atoms with Gasteiger partial charge in [-0.1, -0.05) is 30.3 Å². The topological polar surface area (TPSA) is 84.0 Å². The fourth-order valence-electron chi connectivity index (χ4n) is 3.68. The lowest BCUT2D eigenvalue weighted by molar-refractivity contribution is 0.229. The minimum atomic E-state index is -0.457. The van der Waals surface area contributed by atoms with E-state index in [1.165, 1.54) is 43.4 Å². The molecule has 2 heterocycles.